The third-order valence-corrected chi connectivity index (χ3v) is 4.87. The summed E-state index contributed by atoms with van der Waals surface area (Å²) in [6.45, 7) is 2.06. The SMILES string of the molecule is Cc1ccccc1-c1cc(N)c2cnc(NC(=O)C3CC3C#N)cc2c1. The second-order valence-corrected chi connectivity index (χ2v) is 6.74. The molecule has 0 saturated heterocycles. The highest BCUT2D eigenvalue weighted by Crippen LogP contribution is 2.38. The van der Waals surface area contributed by atoms with Crippen molar-refractivity contribution >= 4 is 28.2 Å². The maximum Gasteiger partial charge on any atom is 0.230 e. The third kappa shape index (κ3) is 2.86. The van der Waals surface area contributed by atoms with Crippen LogP contribution in [-0.2, 0) is 4.79 Å². The summed E-state index contributed by atoms with van der Waals surface area (Å²) < 4.78 is 0. The first-order valence-corrected chi connectivity index (χ1v) is 8.52. The number of benzene rings is 2. The smallest absolute Gasteiger partial charge is 0.230 e. The lowest BCUT2D eigenvalue weighted by atomic mass is 9.97. The van der Waals surface area contributed by atoms with Gasteiger partial charge in [0, 0.05) is 17.3 Å². The van der Waals surface area contributed by atoms with Crippen molar-refractivity contribution in [3.63, 3.8) is 0 Å². The molecule has 0 bridgehead atoms. The number of aryl methyl sites for hydroxylation is 1. The molecule has 5 nitrogen and oxygen atoms in total. The van der Waals surface area contributed by atoms with Gasteiger partial charge in [0.15, 0.2) is 0 Å². The molecule has 0 radical (unpaired) electrons. The standard InChI is InChI=1S/C21H18N4O/c1-12-4-2-3-5-16(12)13-6-14-9-20(24-11-18(14)19(23)8-13)25-21(26)17-7-15(17)10-22/h2-6,8-9,11,15,17H,7,23H2,1H3,(H,24,25,26). The summed E-state index contributed by atoms with van der Waals surface area (Å²) in [5, 5.41) is 13.4. The molecule has 1 aliphatic carbocycles. The number of rotatable bonds is 3. The molecule has 0 spiro atoms. The lowest BCUT2D eigenvalue weighted by molar-refractivity contribution is -0.117. The number of nitrogens with two attached hydrogens (primary N) is 1. The number of hydrogen-bond donors (Lipinski definition) is 2. The van der Waals surface area contributed by atoms with E-state index >= 15 is 0 Å². The quantitative estimate of drug-likeness (QED) is 0.706. The Morgan fingerprint density at radius 1 is 1.31 bits per heavy atom. The number of nitrogen functional groups attached to an aromatic ring is 1. The zero-order valence-electron chi connectivity index (χ0n) is 14.4. The van der Waals surface area contributed by atoms with Gasteiger partial charge in [0.05, 0.1) is 17.9 Å². The Bertz CT molecular complexity index is 1070. The fourth-order valence-electron chi connectivity index (χ4n) is 3.25. The zero-order valence-corrected chi connectivity index (χ0v) is 14.4. The predicted molar refractivity (Wildman–Crippen MR) is 102 cm³/mol. The van der Waals surface area contributed by atoms with Crippen molar-refractivity contribution in [3.8, 4) is 17.2 Å². The van der Waals surface area contributed by atoms with E-state index in [-0.39, 0.29) is 17.7 Å². The van der Waals surface area contributed by atoms with Gasteiger partial charge in [0.2, 0.25) is 5.91 Å². The van der Waals surface area contributed by atoms with E-state index in [9.17, 15) is 4.79 Å². The van der Waals surface area contributed by atoms with E-state index < -0.39 is 0 Å². The van der Waals surface area contributed by atoms with E-state index in [2.05, 4.69) is 41.5 Å². The number of nitrogens with one attached hydrogen (secondary N) is 1. The molecular formula is C21H18N4O. The van der Waals surface area contributed by atoms with Crippen molar-refractivity contribution < 1.29 is 4.79 Å². The van der Waals surface area contributed by atoms with Gasteiger partial charge in [-0.1, -0.05) is 24.3 Å². The van der Waals surface area contributed by atoms with Crippen LogP contribution in [0.25, 0.3) is 21.9 Å². The second-order valence-electron chi connectivity index (χ2n) is 6.74. The first-order valence-electron chi connectivity index (χ1n) is 8.52. The van der Waals surface area contributed by atoms with Gasteiger partial charge in [-0.15, -0.1) is 0 Å². The molecule has 1 saturated carbocycles. The Morgan fingerprint density at radius 2 is 2.12 bits per heavy atom. The van der Waals surface area contributed by atoms with Gasteiger partial charge in [-0.3, -0.25) is 4.79 Å². The monoisotopic (exact) mass is 342 g/mol. The molecule has 1 amide bonds. The third-order valence-electron chi connectivity index (χ3n) is 4.87. The van der Waals surface area contributed by atoms with Crippen molar-refractivity contribution in [2.75, 3.05) is 11.1 Å². The lowest BCUT2D eigenvalue weighted by Gasteiger charge is -2.11. The van der Waals surface area contributed by atoms with Gasteiger partial charge in [-0.25, -0.2) is 4.98 Å². The average Bonchev–Trinajstić information content (AvgIpc) is 3.42. The molecule has 2 atom stereocenters. The van der Waals surface area contributed by atoms with Crippen LogP contribution >= 0.6 is 0 Å². The molecule has 1 aromatic heterocycles. The highest BCUT2D eigenvalue weighted by Gasteiger charge is 2.43. The molecule has 2 aromatic carbocycles. The van der Waals surface area contributed by atoms with E-state index in [0.29, 0.717) is 17.9 Å². The Balaban J connectivity index is 1.70. The van der Waals surface area contributed by atoms with Crippen LogP contribution in [0, 0.1) is 30.1 Å². The molecule has 26 heavy (non-hydrogen) atoms. The van der Waals surface area contributed by atoms with E-state index in [4.69, 9.17) is 11.0 Å². The number of fused-ring (bicyclic) bond motifs is 1. The van der Waals surface area contributed by atoms with Gasteiger partial charge in [-0.2, -0.15) is 5.26 Å². The highest BCUT2D eigenvalue weighted by molar-refractivity contribution is 6.00. The summed E-state index contributed by atoms with van der Waals surface area (Å²) in [5.74, 6) is -0.0570. The molecule has 5 heteroatoms. The maximum absolute atomic E-state index is 12.2. The predicted octanol–water partition coefficient (Wildman–Crippen LogP) is 3.89. The Labute approximate surface area is 151 Å². The molecule has 3 aromatic rings. The van der Waals surface area contributed by atoms with E-state index in [1.165, 1.54) is 5.56 Å². The summed E-state index contributed by atoms with van der Waals surface area (Å²) in [6, 6.07) is 16.1. The summed E-state index contributed by atoms with van der Waals surface area (Å²) in [6.07, 6.45) is 2.30. The number of pyridine rings is 1. The first-order chi connectivity index (χ1) is 12.6. The summed E-state index contributed by atoms with van der Waals surface area (Å²) in [4.78, 5) is 16.4. The molecule has 0 aliphatic heterocycles. The minimum atomic E-state index is -0.221. The topological polar surface area (TPSA) is 91.8 Å². The number of nitriles is 1. The fraction of sp³-hybridized carbons (Fsp3) is 0.190. The first kappa shape index (κ1) is 16.1. The van der Waals surface area contributed by atoms with Crippen LogP contribution in [0.3, 0.4) is 0 Å². The Hall–Kier alpha value is -3.39. The molecule has 2 unspecified atom stereocenters. The van der Waals surface area contributed by atoms with Crippen LogP contribution in [-0.4, -0.2) is 10.9 Å². The molecule has 1 heterocycles. The number of carbonyl (C=O) groups excluding carboxylic acids is 1. The summed E-state index contributed by atoms with van der Waals surface area (Å²) >= 11 is 0. The number of anilines is 2. The number of hydrogen-bond acceptors (Lipinski definition) is 4. The highest BCUT2D eigenvalue weighted by atomic mass is 16.2. The fourth-order valence-corrected chi connectivity index (χ4v) is 3.25. The van der Waals surface area contributed by atoms with Crippen LogP contribution in [0.1, 0.15) is 12.0 Å². The molecule has 1 fully saturated rings. The van der Waals surface area contributed by atoms with Gasteiger partial charge < -0.3 is 11.1 Å². The van der Waals surface area contributed by atoms with Crippen LogP contribution < -0.4 is 11.1 Å². The minimum absolute atomic E-state index is 0.147. The number of aromatic nitrogens is 1. The van der Waals surface area contributed by atoms with Crippen molar-refractivity contribution in [2.24, 2.45) is 11.8 Å². The summed E-state index contributed by atoms with van der Waals surface area (Å²) in [5.41, 5.74) is 10.2. The molecule has 4 rings (SSSR count). The van der Waals surface area contributed by atoms with Crippen molar-refractivity contribution in [1.29, 1.82) is 5.26 Å². The number of amides is 1. The normalized spacial score (nSPS) is 18.3. The molecule has 1 aliphatic rings. The van der Waals surface area contributed by atoms with Crippen LogP contribution in [0.5, 0.6) is 0 Å². The van der Waals surface area contributed by atoms with Crippen LogP contribution in [0.4, 0.5) is 11.5 Å². The van der Waals surface area contributed by atoms with Gasteiger partial charge in [0.25, 0.3) is 0 Å². The molecule has 128 valence electrons. The maximum atomic E-state index is 12.2. The van der Waals surface area contributed by atoms with E-state index in [1.54, 1.807) is 6.20 Å². The van der Waals surface area contributed by atoms with E-state index in [0.717, 1.165) is 21.9 Å². The average molecular weight is 342 g/mol. The summed E-state index contributed by atoms with van der Waals surface area (Å²) in [7, 11) is 0. The number of carbonyl (C=O) groups is 1. The van der Waals surface area contributed by atoms with E-state index in [1.807, 2.05) is 24.3 Å². The van der Waals surface area contributed by atoms with Crippen molar-refractivity contribution in [3.05, 3.63) is 54.2 Å². The van der Waals surface area contributed by atoms with Crippen LogP contribution in [0.2, 0.25) is 0 Å². The largest absolute Gasteiger partial charge is 0.398 e. The lowest BCUT2D eigenvalue weighted by Crippen LogP contribution is -2.15. The minimum Gasteiger partial charge on any atom is -0.398 e. The Morgan fingerprint density at radius 3 is 2.85 bits per heavy atom. The van der Waals surface area contributed by atoms with Crippen molar-refractivity contribution in [2.45, 2.75) is 13.3 Å². The van der Waals surface area contributed by atoms with Crippen molar-refractivity contribution in [1.82, 2.24) is 4.98 Å². The van der Waals surface area contributed by atoms with Gasteiger partial charge >= 0.3 is 0 Å². The van der Waals surface area contributed by atoms with Gasteiger partial charge in [0.1, 0.15) is 5.82 Å². The zero-order chi connectivity index (χ0) is 18.3. The molecular weight excluding hydrogens is 324 g/mol. The number of nitrogens with zero attached hydrogens (tertiary/aromatic N) is 2. The molecule has 3 N–H and O–H groups in total. The second kappa shape index (κ2) is 6.16. The Kier molecular flexibility index (Phi) is 3.81. The van der Waals surface area contributed by atoms with Crippen LogP contribution in [0.15, 0.2) is 48.7 Å². The van der Waals surface area contributed by atoms with Gasteiger partial charge in [-0.05, 0) is 53.6 Å².